The summed E-state index contributed by atoms with van der Waals surface area (Å²) < 4.78 is 0. The first-order valence-electron chi connectivity index (χ1n) is 13.7. The average Bonchev–Trinajstić information content (AvgIpc) is 2.96. The van der Waals surface area contributed by atoms with Gasteiger partial charge >= 0.3 is 0 Å². The van der Waals surface area contributed by atoms with Gasteiger partial charge in [-0.1, -0.05) is 78.9 Å². The van der Waals surface area contributed by atoms with Gasteiger partial charge in [0.15, 0.2) is 0 Å². The van der Waals surface area contributed by atoms with Gasteiger partial charge < -0.3 is 9.80 Å². The van der Waals surface area contributed by atoms with Crippen LogP contribution >= 0.6 is 0 Å². The second-order valence-corrected chi connectivity index (χ2v) is 9.36. The van der Waals surface area contributed by atoms with Crippen LogP contribution in [0.3, 0.4) is 0 Å². The Labute approximate surface area is 223 Å². The third-order valence-electron chi connectivity index (χ3n) is 7.17. The molecule has 0 aliphatic carbocycles. The van der Waals surface area contributed by atoms with Crippen molar-refractivity contribution < 1.29 is 0 Å². The van der Waals surface area contributed by atoms with Gasteiger partial charge in [-0.2, -0.15) is 0 Å². The van der Waals surface area contributed by atoms with Gasteiger partial charge in [0.1, 0.15) is 0 Å². The molecule has 37 heavy (non-hydrogen) atoms. The first-order valence-corrected chi connectivity index (χ1v) is 13.7. The van der Waals surface area contributed by atoms with Crippen molar-refractivity contribution in [3.63, 3.8) is 0 Å². The predicted molar refractivity (Wildman–Crippen MR) is 163 cm³/mol. The Hall–Kier alpha value is -3.78. The summed E-state index contributed by atoms with van der Waals surface area (Å²) in [5.41, 5.74) is 10.3. The first-order chi connectivity index (χ1) is 18.2. The van der Waals surface area contributed by atoms with Crippen molar-refractivity contribution >= 4 is 23.0 Å². The quantitative estimate of drug-likeness (QED) is 0.195. The molecule has 0 bridgehead atoms. The molecule has 0 spiro atoms. The molecule has 0 atom stereocenters. The summed E-state index contributed by atoms with van der Waals surface area (Å²) in [5.74, 6) is 0. The molecular weight excluding hydrogens is 448 g/mol. The van der Waals surface area contributed by atoms with E-state index in [1.165, 1.54) is 44.8 Å². The fourth-order valence-electron chi connectivity index (χ4n) is 5.05. The summed E-state index contributed by atoms with van der Waals surface area (Å²) in [5, 5.41) is 0. The molecule has 0 saturated heterocycles. The molecule has 0 unspecified atom stereocenters. The van der Waals surface area contributed by atoms with Crippen molar-refractivity contribution in [3.05, 3.63) is 120 Å². The van der Waals surface area contributed by atoms with Gasteiger partial charge in [-0.25, -0.2) is 0 Å². The zero-order valence-corrected chi connectivity index (χ0v) is 22.8. The van der Waals surface area contributed by atoms with Crippen LogP contribution in [0, 0.1) is 0 Å². The number of rotatable bonds is 11. The normalized spacial score (nSPS) is 11.4. The van der Waals surface area contributed by atoms with Crippen molar-refractivity contribution in [3.8, 4) is 11.1 Å². The molecule has 4 rings (SSSR count). The number of anilines is 2. The SMILES string of the molecule is CCN(CC)c1ccc(C(=Cc2cc(-c3ccccc3)ccc2N(CC)CC)Cc2ccccc2)cc1. The van der Waals surface area contributed by atoms with E-state index in [1.807, 2.05) is 0 Å². The van der Waals surface area contributed by atoms with Crippen LogP contribution in [0.15, 0.2) is 103 Å². The van der Waals surface area contributed by atoms with Crippen LogP contribution in [-0.4, -0.2) is 26.2 Å². The molecule has 4 aromatic carbocycles. The maximum absolute atomic E-state index is 2.45. The van der Waals surface area contributed by atoms with Crippen molar-refractivity contribution in [2.45, 2.75) is 34.1 Å². The molecule has 0 aromatic heterocycles. The molecule has 0 amide bonds. The Balaban J connectivity index is 1.84. The Morgan fingerprint density at radius 2 is 1.19 bits per heavy atom. The van der Waals surface area contributed by atoms with Gasteiger partial charge in [0.2, 0.25) is 0 Å². The summed E-state index contributed by atoms with van der Waals surface area (Å²) in [6.45, 7) is 12.9. The van der Waals surface area contributed by atoms with Crippen LogP contribution in [0.4, 0.5) is 11.4 Å². The van der Waals surface area contributed by atoms with Gasteiger partial charge in [-0.05, 0) is 97.8 Å². The number of allylic oxidation sites excluding steroid dienone is 1. The molecule has 190 valence electrons. The first kappa shape index (κ1) is 26.3. The minimum atomic E-state index is 0.888. The van der Waals surface area contributed by atoms with Crippen LogP contribution in [0.5, 0.6) is 0 Å². The zero-order valence-electron chi connectivity index (χ0n) is 22.8. The standard InChI is InChI=1S/C35H40N2/c1-5-36(6-2)34-22-19-30(20-23-34)32(25-28-15-11-9-12-16-28)27-33-26-31(29-17-13-10-14-18-29)21-24-35(33)37(7-3)8-4/h9-24,26-27H,5-8,25H2,1-4H3. The minimum absolute atomic E-state index is 0.888. The number of benzene rings is 4. The van der Waals surface area contributed by atoms with Crippen LogP contribution in [0.25, 0.3) is 22.8 Å². The Kier molecular flexibility index (Phi) is 9.21. The Bertz CT molecular complexity index is 1270. The molecular formula is C35H40N2. The van der Waals surface area contributed by atoms with Crippen LogP contribution in [0.1, 0.15) is 44.4 Å². The van der Waals surface area contributed by atoms with Crippen molar-refractivity contribution in [1.29, 1.82) is 0 Å². The highest BCUT2D eigenvalue weighted by Crippen LogP contribution is 2.32. The lowest BCUT2D eigenvalue weighted by molar-refractivity contribution is 0.865. The lowest BCUT2D eigenvalue weighted by Crippen LogP contribution is -2.22. The summed E-state index contributed by atoms with van der Waals surface area (Å²) in [4.78, 5) is 4.84. The van der Waals surface area contributed by atoms with Crippen molar-refractivity contribution in [2.24, 2.45) is 0 Å². The van der Waals surface area contributed by atoms with E-state index in [0.29, 0.717) is 0 Å². The topological polar surface area (TPSA) is 6.48 Å². The van der Waals surface area contributed by atoms with E-state index < -0.39 is 0 Å². The van der Waals surface area contributed by atoms with Crippen LogP contribution in [-0.2, 0) is 6.42 Å². The molecule has 0 aliphatic rings. The summed E-state index contributed by atoms with van der Waals surface area (Å²) in [7, 11) is 0. The van der Waals surface area contributed by atoms with E-state index in [0.717, 1.165) is 32.6 Å². The van der Waals surface area contributed by atoms with E-state index in [-0.39, 0.29) is 0 Å². The second-order valence-electron chi connectivity index (χ2n) is 9.36. The molecule has 0 fully saturated rings. The summed E-state index contributed by atoms with van der Waals surface area (Å²) >= 11 is 0. The van der Waals surface area contributed by atoms with Gasteiger partial charge in [-0.3, -0.25) is 0 Å². The Morgan fingerprint density at radius 3 is 1.78 bits per heavy atom. The molecule has 0 aliphatic heterocycles. The Morgan fingerprint density at radius 1 is 0.595 bits per heavy atom. The highest BCUT2D eigenvalue weighted by Gasteiger charge is 2.12. The van der Waals surface area contributed by atoms with E-state index in [2.05, 4.69) is 147 Å². The largest absolute Gasteiger partial charge is 0.372 e. The fourth-order valence-corrected chi connectivity index (χ4v) is 5.05. The summed E-state index contributed by atoms with van der Waals surface area (Å²) in [6.07, 6.45) is 3.30. The van der Waals surface area contributed by atoms with Crippen molar-refractivity contribution in [2.75, 3.05) is 36.0 Å². The number of hydrogen-bond acceptors (Lipinski definition) is 2. The third kappa shape index (κ3) is 6.51. The average molecular weight is 489 g/mol. The lowest BCUT2D eigenvalue weighted by Gasteiger charge is -2.24. The van der Waals surface area contributed by atoms with E-state index in [1.54, 1.807) is 0 Å². The van der Waals surface area contributed by atoms with E-state index >= 15 is 0 Å². The molecule has 0 heterocycles. The molecule has 2 nitrogen and oxygen atoms in total. The molecule has 4 aromatic rings. The molecule has 0 saturated carbocycles. The van der Waals surface area contributed by atoms with Gasteiger partial charge in [0, 0.05) is 37.6 Å². The van der Waals surface area contributed by atoms with E-state index in [9.17, 15) is 0 Å². The highest BCUT2D eigenvalue weighted by molar-refractivity contribution is 5.88. The maximum Gasteiger partial charge on any atom is 0.0440 e. The maximum atomic E-state index is 2.45. The number of nitrogens with zero attached hydrogens (tertiary/aromatic N) is 2. The van der Waals surface area contributed by atoms with E-state index in [4.69, 9.17) is 0 Å². The fraction of sp³-hybridized carbons (Fsp3) is 0.257. The molecule has 2 heteroatoms. The number of hydrogen-bond donors (Lipinski definition) is 0. The minimum Gasteiger partial charge on any atom is -0.372 e. The molecule has 0 radical (unpaired) electrons. The lowest BCUT2D eigenvalue weighted by atomic mass is 9.93. The highest BCUT2D eigenvalue weighted by atomic mass is 15.1. The smallest absolute Gasteiger partial charge is 0.0440 e. The van der Waals surface area contributed by atoms with Gasteiger partial charge in [-0.15, -0.1) is 0 Å². The van der Waals surface area contributed by atoms with Crippen LogP contribution < -0.4 is 9.80 Å². The zero-order chi connectivity index (χ0) is 26.0. The van der Waals surface area contributed by atoms with Gasteiger partial charge in [0.05, 0.1) is 0 Å². The van der Waals surface area contributed by atoms with Crippen LogP contribution in [0.2, 0.25) is 0 Å². The summed E-state index contributed by atoms with van der Waals surface area (Å²) in [6, 6.07) is 37.5. The molecule has 0 N–H and O–H groups in total. The predicted octanol–water partition coefficient (Wildman–Crippen LogP) is 8.83. The second kappa shape index (κ2) is 13.0. The third-order valence-corrected chi connectivity index (χ3v) is 7.17. The monoisotopic (exact) mass is 488 g/mol. The van der Waals surface area contributed by atoms with Crippen molar-refractivity contribution in [1.82, 2.24) is 0 Å². The van der Waals surface area contributed by atoms with Gasteiger partial charge in [0.25, 0.3) is 0 Å².